The van der Waals surface area contributed by atoms with Crippen LogP contribution >= 0.6 is 0 Å². The molecule has 0 radical (unpaired) electrons. The van der Waals surface area contributed by atoms with Gasteiger partial charge in [-0.1, -0.05) is 291 Å². The molecule has 0 rings (SSSR count). The third kappa shape index (κ3) is 51.6. The highest BCUT2D eigenvalue weighted by Crippen LogP contribution is 2.19. The van der Waals surface area contributed by atoms with Gasteiger partial charge in [0, 0.05) is 19.3 Å². The fourth-order valence-corrected chi connectivity index (χ4v) is 9.02. The van der Waals surface area contributed by atoms with Gasteiger partial charge in [0.05, 0.1) is 0 Å². The summed E-state index contributed by atoms with van der Waals surface area (Å²) in [6, 6.07) is 0. The third-order valence-electron chi connectivity index (χ3n) is 13.8. The fraction of sp³-hybridized carbons (Fsp3) is 0.949. The topological polar surface area (TPSA) is 78.9 Å². The number of esters is 3. The lowest BCUT2D eigenvalue weighted by molar-refractivity contribution is -0.167. The monoisotopic (exact) mass is 919 g/mol. The van der Waals surface area contributed by atoms with E-state index in [1.54, 1.807) is 0 Å². The van der Waals surface area contributed by atoms with Crippen LogP contribution in [-0.2, 0) is 28.6 Å². The molecule has 0 bridgehead atoms. The maximum absolute atomic E-state index is 12.8. The molecular formula is C59H114O6. The summed E-state index contributed by atoms with van der Waals surface area (Å²) < 4.78 is 16.9. The number of rotatable bonds is 53. The Balaban J connectivity index is 4.21. The van der Waals surface area contributed by atoms with Crippen LogP contribution < -0.4 is 0 Å². The largest absolute Gasteiger partial charge is 0.462 e. The minimum atomic E-state index is -0.763. The molecule has 386 valence electrons. The second kappa shape index (κ2) is 51.8. The maximum atomic E-state index is 12.8. The first kappa shape index (κ1) is 63.4. The standard InChI is InChI=1S/C59H114O6/c1-6-8-9-10-11-12-13-14-15-16-17-18-19-23-26-29-34-39-44-49-57(60)63-52-56(65-59(62)51-46-41-36-31-32-37-42-47-54(3)4)53-64-58(61)50-45-40-35-30-27-24-21-20-22-25-28-33-38-43-48-55(5)7-2/h54-56H,6-53H2,1-5H3/t55?,56-/m0/s1. The molecular weight excluding hydrogens is 805 g/mol. The van der Waals surface area contributed by atoms with E-state index < -0.39 is 6.10 Å². The number of carbonyl (C=O) groups is 3. The number of hydrogen-bond donors (Lipinski definition) is 0. The minimum absolute atomic E-state index is 0.0636. The van der Waals surface area contributed by atoms with E-state index in [9.17, 15) is 14.4 Å². The smallest absolute Gasteiger partial charge is 0.306 e. The Labute approximate surface area is 406 Å². The van der Waals surface area contributed by atoms with Gasteiger partial charge in [0.1, 0.15) is 13.2 Å². The summed E-state index contributed by atoms with van der Waals surface area (Å²) in [5, 5.41) is 0. The quantitative estimate of drug-likeness (QED) is 0.0344. The second-order valence-corrected chi connectivity index (χ2v) is 21.0. The van der Waals surface area contributed by atoms with Gasteiger partial charge in [-0.3, -0.25) is 14.4 Å². The summed E-state index contributed by atoms with van der Waals surface area (Å²) in [7, 11) is 0. The number of unbranched alkanes of at least 4 members (excludes halogenated alkanes) is 37. The zero-order chi connectivity index (χ0) is 47.5. The second-order valence-electron chi connectivity index (χ2n) is 21.0. The van der Waals surface area contributed by atoms with Crippen molar-refractivity contribution in [3.63, 3.8) is 0 Å². The van der Waals surface area contributed by atoms with Crippen LogP contribution in [0.15, 0.2) is 0 Å². The molecule has 0 heterocycles. The Kier molecular flexibility index (Phi) is 50.5. The van der Waals surface area contributed by atoms with E-state index in [-0.39, 0.29) is 31.1 Å². The Morgan fingerprint density at radius 3 is 0.877 bits per heavy atom. The molecule has 65 heavy (non-hydrogen) atoms. The summed E-state index contributed by atoms with van der Waals surface area (Å²) >= 11 is 0. The molecule has 0 aromatic carbocycles. The maximum Gasteiger partial charge on any atom is 0.306 e. The van der Waals surface area contributed by atoms with E-state index in [1.807, 2.05) is 0 Å². The predicted octanol–water partition coefficient (Wildman–Crippen LogP) is 19.3. The zero-order valence-electron chi connectivity index (χ0n) is 44.6. The van der Waals surface area contributed by atoms with Crippen molar-refractivity contribution in [2.75, 3.05) is 13.2 Å². The molecule has 0 aliphatic rings. The molecule has 0 N–H and O–H groups in total. The van der Waals surface area contributed by atoms with Crippen LogP contribution in [0.25, 0.3) is 0 Å². The van der Waals surface area contributed by atoms with Crippen molar-refractivity contribution in [2.45, 2.75) is 336 Å². The normalized spacial score (nSPS) is 12.5. The van der Waals surface area contributed by atoms with Crippen LogP contribution in [0.5, 0.6) is 0 Å². The van der Waals surface area contributed by atoms with E-state index >= 15 is 0 Å². The van der Waals surface area contributed by atoms with E-state index in [0.717, 1.165) is 69.6 Å². The van der Waals surface area contributed by atoms with Crippen molar-refractivity contribution in [3.8, 4) is 0 Å². The van der Waals surface area contributed by atoms with E-state index in [0.29, 0.717) is 19.3 Å². The molecule has 2 atom stereocenters. The van der Waals surface area contributed by atoms with Crippen molar-refractivity contribution in [2.24, 2.45) is 11.8 Å². The zero-order valence-corrected chi connectivity index (χ0v) is 44.6. The Hall–Kier alpha value is -1.59. The van der Waals surface area contributed by atoms with Gasteiger partial charge >= 0.3 is 17.9 Å². The van der Waals surface area contributed by atoms with Crippen molar-refractivity contribution < 1.29 is 28.6 Å². The summed E-state index contributed by atoms with van der Waals surface area (Å²) in [5.74, 6) is 0.830. The van der Waals surface area contributed by atoms with Gasteiger partial charge in [-0.2, -0.15) is 0 Å². The first-order chi connectivity index (χ1) is 31.8. The van der Waals surface area contributed by atoms with Crippen molar-refractivity contribution >= 4 is 17.9 Å². The first-order valence-electron chi connectivity index (χ1n) is 29.3. The SMILES string of the molecule is CCCCCCCCCCCCCCCCCCCCCC(=O)OC[C@@H](COC(=O)CCCCCCCCCCCCCCCCC(C)CC)OC(=O)CCCCCCCCCC(C)C. The van der Waals surface area contributed by atoms with Gasteiger partial charge in [0.15, 0.2) is 6.10 Å². The van der Waals surface area contributed by atoms with Crippen molar-refractivity contribution in [3.05, 3.63) is 0 Å². The van der Waals surface area contributed by atoms with Crippen LogP contribution in [-0.4, -0.2) is 37.2 Å². The number of ether oxygens (including phenoxy) is 3. The number of hydrogen-bond acceptors (Lipinski definition) is 6. The van der Waals surface area contributed by atoms with Gasteiger partial charge in [0.25, 0.3) is 0 Å². The molecule has 0 amide bonds. The number of carbonyl (C=O) groups excluding carboxylic acids is 3. The molecule has 0 saturated heterocycles. The van der Waals surface area contributed by atoms with Crippen LogP contribution in [0.4, 0.5) is 0 Å². The highest BCUT2D eigenvalue weighted by molar-refractivity contribution is 5.71. The Morgan fingerprint density at radius 2 is 0.585 bits per heavy atom. The van der Waals surface area contributed by atoms with E-state index in [2.05, 4.69) is 34.6 Å². The summed E-state index contributed by atoms with van der Waals surface area (Å²) in [4.78, 5) is 38.1. The molecule has 6 nitrogen and oxygen atoms in total. The highest BCUT2D eigenvalue weighted by atomic mass is 16.6. The molecule has 0 spiro atoms. The lowest BCUT2D eigenvalue weighted by atomic mass is 9.99. The first-order valence-corrected chi connectivity index (χ1v) is 29.3. The highest BCUT2D eigenvalue weighted by Gasteiger charge is 2.19. The molecule has 0 aliphatic carbocycles. The molecule has 0 saturated carbocycles. The molecule has 0 aromatic heterocycles. The third-order valence-corrected chi connectivity index (χ3v) is 13.8. The molecule has 6 heteroatoms. The van der Waals surface area contributed by atoms with Gasteiger partial charge in [-0.15, -0.1) is 0 Å². The lowest BCUT2D eigenvalue weighted by Gasteiger charge is -2.18. The van der Waals surface area contributed by atoms with Crippen LogP contribution in [0.2, 0.25) is 0 Å². The van der Waals surface area contributed by atoms with Gasteiger partial charge in [-0.25, -0.2) is 0 Å². The Bertz CT molecular complexity index is 995. The van der Waals surface area contributed by atoms with Crippen LogP contribution in [0.1, 0.15) is 330 Å². The van der Waals surface area contributed by atoms with Gasteiger partial charge in [-0.05, 0) is 31.1 Å². The molecule has 1 unspecified atom stereocenters. The van der Waals surface area contributed by atoms with Crippen molar-refractivity contribution in [1.29, 1.82) is 0 Å². The molecule has 0 fully saturated rings. The lowest BCUT2D eigenvalue weighted by Crippen LogP contribution is -2.30. The van der Waals surface area contributed by atoms with E-state index in [1.165, 1.54) is 218 Å². The minimum Gasteiger partial charge on any atom is -0.462 e. The average Bonchev–Trinajstić information content (AvgIpc) is 3.29. The van der Waals surface area contributed by atoms with Crippen molar-refractivity contribution in [1.82, 2.24) is 0 Å². The molecule has 0 aromatic rings. The van der Waals surface area contributed by atoms with Gasteiger partial charge in [0.2, 0.25) is 0 Å². The summed E-state index contributed by atoms with van der Waals surface area (Å²) in [6.45, 7) is 11.4. The fourth-order valence-electron chi connectivity index (χ4n) is 9.02. The van der Waals surface area contributed by atoms with Crippen LogP contribution in [0, 0.1) is 11.8 Å². The molecule has 0 aliphatic heterocycles. The van der Waals surface area contributed by atoms with E-state index in [4.69, 9.17) is 14.2 Å². The summed E-state index contributed by atoms with van der Waals surface area (Å²) in [5.41, 5.74) is 0. The van der Waals surface area contributed by atoms with Gasteiger partial charge < -0.3 is 14.2 Å². The predicted molar refractivity (Wildman–Crippen MR) is 280 cm³/mol. The average molecular weight is 920 g/mol. The Morgan fingerprint density at radius 1 is 0.323 bits per heavy atom. The van der Waals surface area contributed by atoms with Crippen LogP contribution in [0.3, 0.4) is 0 Å². The summed E-state index contributed by atoms with van der Waals surface area (Å²) in [6.07, 6.45) is 55.3.